The number of ether oxygens (including phenoxy) is 1. The number of carbonyl (C=O) groups excluding carboxylic acids is 1. The number of nitrogens with zero attached hydrogens (tertiary/aromatic N) is 1. The molecule has 1 amide bonds. The van der Waals surface area contributed by atoms with Gasteiger partial charge in [-0.05, 0) is 30.2 Å². The molecule has 0 saturated carbocycles. The number of rotatable bonds is 6. The second kappa shape index (κ2) is 7.36. The van der Waals surface area contributed by atoms with E-state index in [1.165, 1.54) is 0 Å². The fourth-order valence-electron chi connectivity index (χ4n) is 1.48. The molecule has 0 aromatic heterocycles. The fourth-order valence-corrected chi connectivity index (χ4v) is 1.61. The zero-order valence-electron chi connectivity index (χ0n) is 11.6. The maximum Gasteiger partial charge on any atom is 0.239 e. The van der Waals surface area contributed by atoms with Crippen LogP contribution in [0.1, 0.15) is 13.8 Å². The number of benzene rings is 1. The van der Waals surface area contributed by atoms with Crippen molar-refractivity contribution in [1.29, 1.82) is 0 Å². The lowest BCUT2D eigenvalue weighted by Crippen LogP contribution is -2.46. The van der Waals surface area contributed by atoms with Gasteiger partial charge in [0.2, 0.25) is 5.91 Å². The van der Waals surface area contributed by atoms with E-state index in [0.717, 1.165) is 5.75 Å². The van der Waals surface area contributed by atoms with Gasteiger partial charge >= 0.3 is 0 Å². The molecule has 0 spiro atoms. The number of nitrogens with two attached hydrogens (primary N) is 1. The van der Waals surface area contributed by atoms with Crippen molar-refractivity contribution < 1.29 is 9.53 Å². The van der Waals surface area contributed by atoms with Crippen molar-refractivity contribution in [3.05, 3.63) is 29.3 Å². The zero-order valence-corrected chi connectivity index (χ0v) is 12.4. The van der Waals surface area contributed by atoms with Crippen LogP contribution in [0, 0.1) is 5.92 Å². The number of likely N-dealkylation sites (N-methyl/N-ethyl adjacent to an activating group) is 1. The molecule has 106 valence electrons. The fraction of sp³-hybridized carbons (Fsp3) is 0.500. The maximum absolute atomic E-state index is 11.9. The van der Waals surface area contributed by atoms with Crippen molar-refractivity contribution >= 4 is 17.5 Å². The lowest BCUT2D eigenvalue weighted by atomic mass is 10.0. The Morgan fingerprint density at radius 1 is 1.37 bits per heavy atom. The smallest absolute Gasteiger partial charge is 0.239 e. The van der Waals surface area contributed by atoms with E-state index in [-0.39, 0.29) is 11.8 Å². The number of hydrogen-bond donors (Lipinski definition) is 1. The minimum absolute atomic E-state index is 0.0605. The lowest BCUT2D eigenvalue weighted by molar-refractivity contribution is -0.132. The second-order valence-corrected chi connectivity index (χ2v) is 5.27. The number of carbonyl (C=O) groups is 1. The third-order valence-electron chi connectivity index (χ3n) is 2.89. The van der Waals surface area contributed by atoms with E-state index in [1.54, 1.807) is 36.2 Å². The summed E-state index contributed by atoms with van der Waals surface area (Å²) in [7, 11) is 1.73. The number of halogens is 1. The third kappa shape index (κ3) is 5.09. The molecule has 0 heterocycles. The first kappa shape index (κ1) is 15.8. The monoisotopic (exact) mass is 284 g/mol. The van der Waals surface area contributed by atoms with Gasteiger partial charge in [0.05, 0.1) is 12.6 Å². The summed E-state index contributed by atoms with van der Waals surface area (Å²) in [5, 5.41) is 0.669. The van der Waals surface area contributed by atoms with Crippen LogP contribution < -0.4 is 10.5 Å². The van der Waals surface area contributed by atoms with Gasteiger partial charge in [0.1, 0.15) is 12.4 Å². The van der Waals surface area contributed by atoms with Gasteiger partial charge in [0.15, 0.2) is 0 Å². The van der Waals surface area contributed by atoms with Crippen molar-refractivity contribution in [3.63, 3.8) is 0 Å². The number of hydrogen-bond acceptors (Lipinski definition) is 3. The molecule has 0 aliphatic carbocycles. The normalized spacial score (nSPS) is 12.3. The topological polar surface area (TPSA) is 55.6 Å². The Morgan fingerprint density at radius 2 is 1.95 bits per heavy atom. The van der Waals surface area contributed by atoms with Crippen LogP contribution in [0.3, 0.4) is 0 Å². The molecular formula is C14H21ClN2O2. The molecule has 0 bridgehead atoms. The first-order valence-electron chi connectivity index (χ1n) is 6.30. The molecule has 0 aliphatic rings. The van der Waals surface area contributed by atoms with E-state index in [1.807, 2.05) is 13.8 Å². The van der Waals surface area contributed by atoms with Gasteiger partial charge in [-0.25, -0.2) is 0 Å². The molecule has 19 heavy (non-hydrogen) atoms. The molecule has 0 radical (unpaired) electrons. The highest BCUT2D eigenvalue weighted by Gasteiger charge is 2.20. The molecule has 0 saturated heterocycles. The summed E-state index contributed by atoms with van der Waals surface area (Å²) in [6, 6.07) is 6.66. The molecule has 2 N–H and O–H groups in total. The second-order valence-electron chi connectivity index (χ2n) is 4.83. The van der Waals surface area contributed by atoms with E-state index in [4.69, 9.17) is 22.1 Å². The van der Waals surface area contributed by atoms with Gasteiger partial charge in [-0.1, -0.05) is 25.4 Å². The van der Waals surface area contributed by atoms with Gasteiger partial charge in [0.25, 0.3) is 0 Å². The van der Waals surface area contributed by atoms with Crippen LogP contribution in [-0.2, 0) is 4.79 Å². The van der Waals surface area contributed by atoms with Crippen molar-refractivity contribution in [2.45, 2.75) is 19.9 Å². The van der Waals surface area contributed by atoms with E-state index in [0.29, 0.717) is 18.2 Å². The Morgan fingerprint density at radius 3 is 2.47 bits per heavy atom. The Balaban J connectivity index is 2.36. The Hall–Kier alpha value is -1.26. The molecule has 1 aromatic carbocycles. The van der Waals surface area contributed by atoms with Crippen LogP contribution in [0.15, 0.2) is 24.3 Å². The maximum atomic E-state index is 11.9. The van der Waals surface area contributed by atoms with Crippen molar-refractivity contribution in [3.8, 4) is 5.75 Å². The SMILES string of the molecule is CC(C)[C@H](N)C(=O)N(C)CCOc1ccc(Cl)cc1. The zero-order chi connectivity index (χ0) is 14.4. The molecule has 0 unspecified atom stereocenters. The molecule has 1 rings (SSSR count). The highest BCUT2D eigenvalue weighted by Crippen LogP contribution is 2.15. The average Bonchev–Trinajstić information content (AvgIpc) is 2.39. The Labute approximate surface area is 119 Å². The van der Waals surface area contributed by atoms with Gasteiger partial charge in [0, 0.05) is 12.1 Å². The minimum atomic E-state index is -0.458. The summed E-state index contributed by atoms with van der Waals surface area (Å²) in [5.41, 5.74) is 5.81. The number of amides is 1. The van der Waals surface area contributed by atoms with E-state index >= 15 is 0 Å². The summed E-state index contributed by atoms with van der Waals surface area (Å²) in [6.07, 6.45) is 0. The standard InChI is InChI=1S/C14H21ClN2O2/c1-10(2)13(16)14(18)17(3)8-9-19-12-6-4-11(15)5-7-12/h4-7,10,13H,8-9,16H2,1-3H3/t13-/m0/s1. The van der Waals surface area contributed by atoms with E-state index in [2.05, 4.69) is 0 Å². The van der Waals surface area contributed by atoms with Crippen LogP contribution in [-0.4, -0.2) is 37.0 Å². The van der Waals surface area contributed by atoms with E-state index in [9.17, 15) is 4.79 Å². The van der Waals surface area contributed by atoms with Crippen molar-refractivity contribution in [2.24, 2.45) is 11.7 Å². The first-order chi connectivity index (χ1) is 8.91. The van der Waals surface area contributed by atoms with Crippen molar-refractivity contribution in [2.75, 3.05) is 20.2 Å². The quantitative estimate of drug-likeness (QED) is 0.871. The summed E-state index contributed by atoms with van der Waals surface area (Å²) < 4.78 is 5.53. The highest BCUT2D eigenvalue weighted by molar-refractivity contribution is 6.30. The van der Waals surface area contributed by atoms with Crippen molar-refractivity contribution in [1.82, 2.24) is 4.90 Å². The van der Waals surface area contributed by atoms with Crippen LogP contribution in [0.25, 0.3) is 0 Å². The molecule has 4 nitrogen and oxygen atoms in total. The van der Waals surface area contributed by atoms with Crippen LogP contribution >= 0.6 is 11.6 Å². The summed E-state index contributed by atoms with van der Waals surface area (Å²) in [5.74, 6) is 0.806. The summed E-state index contributed by atoms with van der Waals surface area (Å²) in [4.78, 5) is 13.5. The lowest BCUT2D eigenvalue weighted by Gasteiger charge is -2.23. The van der Waals surface area contributed by atoms with Crippen LogP contribution in [0.5, 0.6) is 5.75 Å². The van der Waals surface area contributed by atoms with Gasteiger partial charge < -0.3 is 15.4 Å². The Kier molecular flexibility index (Phi) is 6.12. The molecule has 0 fully saturated rings. The molecule has 5 heteroatoms. The molecule has 1 aromatic rings. The minimum Gasteiger partial charge on any atom is -0.492 e. The van der Waals surface area contributed by atoms with Crippen LogP contribution in [0.2, 0.25) is 5.02 Å². The third-order valence-corrected chi connectivity index (χ3v) is 3.14. The largest absolute Gasteiger partial charge is 0.492 e. The van der Waals surface area contributed by atoms with E-state index < -0.39 is 6.04 Å². The first-order valence-corrected chi connectivity index (χ1v) is 6.68. The van der Waals surface area contributed by atoms with Crippen LogP contribution in [0.4, 0.5) is 0 Å². The predicted octanol–water partition coefficient (Wildman–Crippen LogP) is 2.16. The molecular weight excluding hydrogens is 264 g/mol. The van der Waals surface area contributed by atoms with Gasteiger partial charge in [-0.2, -0.15) is 0 Å². The predicted molar refractivity (Wildman–Crippen MR) is 77.4 cm³/mol. The summed E-state index contributed by atoms with van der Waals surface area (Å²) in [6.45, 7) is 4.79. The van der Waals surface area contributed by atoms with Gasteiger partial charge in [-0.15, -0.1) is 0 Å². The Bertz CT molecular complexity index is 406. The average molecular weight is 285 g/mol. The molecule has 0 aliphatic heterocycles. The summed E-state index contributed by atoms with van der Waals surface area (Å²) >= 11 is 5.78. The van der Waals surface area contributed by atoms with Gasteiger partial charge in [-0.3, -0.25) is 4.79 Å². The highest BCUT2D eigenvalue weighted by atomic mass is 35.5. The molecule has 1 atom stereocenters.